The number of hydrogen-bond donors (Lipinski definition) is 1. The van der Waals surface area contributed by atoms with Crippen molar-refractivity contribution in [3.63, 3.8) is 0 Å². The number of thiazole rings is 1. The van der Waals surface area contributed by atoms with Gasteiger partial charge in [0, 0.05) is 17.5 Å². The molecule has 0 saturated carbocycles. The third-order valence-electron chi connectivity index (χ3n) is 5.25. The molecule has 34 heavy (non-hydrogen) atoms. The topological polar surface area (TPSA) is 81.9 Å². The Labute approximate surface area is 207 Å². The van der Waals surface area contributed by atoms with Crippen molar-refractivity contribution in [3.8, 4) is 17.0 Å². The summed E-state index contributed by atoms with van der Waals surface area (Å²) in [5, 5.41) is 14.8. The molecular formula is C25H27N5O2S2. The number of nitrogens with zero attached hydrogens (tertiary/aromatic N) is 4. The van der Waals surface area contributed by atoms with Crippen molar-refractivity contribution in [1.29, 1.82) is 0 Å². The second-order valence-electron chi connectivity index (χ2n) is 7.85. The molecule has 0 radical (unpaired) electrons. The molecule has 4 rings (SSSR count). The quantitative estimate of drug-likeness (QED) is 0.292. The normalized spacial score (nSPS) is 11.9. The molecule has 7 nitrogen and oxygen atoms in total. The minimum absolute atomic E-state index is 0.133. The first-order valence-corrected chi connectivity index (χ1v) is 12.9. The third-order valence-corrected chi connectivity index (χ3v) is 6.98. The molecule has 0 aliphatic carbocycles. The van der Waals surface area contributed by atoms with Crippen LogP contribution in [0, 0.1) is 13.8 Å². The Morgan fingerprint density at radius 1 is 1.15 bits per heavy atom. The second-order valence-corrected chi connectivity index (χ2v) is 9.65. The van der Waals surface area contributed by atoms with E-state index in [1.54, 1.807) is 0 Å². The van der Waals surface area contributed by atoms with E-state index in [1.165, 1.54) is 28.7 Å². The summed E-state index contributed by atoms with van der Waals surface area (Å²) in [5.74, 6) is 1.63. The van der Waals surface area contributed by atoms with E-state index in [0.29, 0.717) is 16.8 Å². The Kier molecular flexibility index (Phi) is 7.64. The Bertz CT molecular complexity index is 1270. The van der Waals surface area contributed by atoms with E-state index >= 15 is 0 Å². The van der Waals surface area contributed by atoms with Gasteiger partial charge in [-0.2, -0.15) is 0 Å². The largest absolute Gasteiger partial charge is 0.482 e. The van der Waals surface area contributed by atoms with Gasteiger partial charge in [0.2, 0.25) is 5.91 Å². The molecular weight excluding hydrogens is 466 g/mol. The van der Waals surface area contributed by atoms with Crippen molar-refractivity contribution < 1.29 is 9.53 Å². The number of anilines is 1. The van der Waals surface area contributed by atoms with Crippen LogP contribution in [0.25, 0.3) is 11.3 Å². The zero-order chi connectivity index (χ0) is 24.1. The molecule has 0 aliphatic rings. The minimum Gasteiger partial charge on any atom is -0.482 e. The highest BCUT2D eigenvalue weighted by molar-refractivity contribution is 7.99. The first-order valence-electron chi connectivity index (χ1n) is 11.0. The van der Waals surface area contributed by atoms with Gasteiger partial charge < -0.3 is 14.6 Å². The lowest BCUT2D eigenvalue weighted by molar-refractivity contribution is -0.113. The predicted molar refractivity (Wildman–Crippen MR) is 138 cm³/mol. The monoisotopic (exact) mass is 493 g/mol. The summed E-state index contributed by atoms with van der Waals surface area (Å²) in [5.41, 5.74) is 4.15. The van der Waals surface area contributed by atoms with Crippen LogP contribution in [-0.4, -0.2) is 31.4 Å². The van der Waals surface area contributed by atoms with Gasteiger partial charge in [-0.25, -0.2) is 4.98 Å². The second kappa shape index (κ2) is 10.8. The predicted octanol–water partition coefficient (Wildman–Crippen LogP) is 5.91. The lowest BCUT2D eigenvalue weighted by Crippen LogP contribution is -2.15. The molecule has 1 amide bonds. The lowest BCUT2D eigenvalue weighted by atomic mass is 10.1. The molecule has 176 valence electrons. The number of amides is 1. The molecule has 1 atom stereocenters. The molecule has 0 bridgehead atoms. The number of rotatable bonds is 9. The number of para-hydroxylation sites is 1. The Balaban J connectivity index is 1.36. The molecule has 4 aromatic rings. The highest BCUT2D eigenvalue weighted by Gasteiger charge is 2.20. The molecule has 0 aliphatic heterocycles. The van der Waals surface area contributed by atoms with Gasteiger partial charge in [0.1, 0.15) is 5.75 Å². The molecule has 0 fully saturated rings. The molecule has 0 saturated heterocycles. The van der Waals surface area contributed by atoms with Gasteiger partial charge in [-0.05, 0) is 39.3 Å². The van der Waals surface area contributed by atoms with Crippen molar-refractivity contribution >= 4 is 34.1 Å². The molecule has 2 heterocycles. The smallest absolute Gasteiger partial charge is 0.236 e. The Hall–Kier alpha value is -3.17. The Morgan fingerprint density at radius 3 is 2.65 bits per heavy atom. The van der Waals surface area contributed by atoms with Crippen LogP contribution < -0.4 is 10.1 Å². The average Bonchev–Trinajstić information content (AvgIpc) is 3.46. The minimum atomic E-state index is -0.271. The van der Waals surface area contributed by atoms with Crippen LogP contribution in [0.5, 0.6) is 5.75 Å². The fourth-order valence-corrected chi connectivity index (χ4v) is 4.96. The van der Waals surface area contributed by atoms with E-state index in [0.717, 1.165) is 28.4 Å². The van der Waals surface area contributed by atoms with Crippen LogP contribution in [0.2, 0.25) is 0 Å². The number of hydrogen-bond acceptors (Lipinski definition) is 7. The van der Waals surface area contributed by atoms with Gasteiger partial charge in [-0.15, -0.1) is 21.5 Å². The number of aryl methyl sites for hydroxylation is 2. The van der Waals surface area contributed by atoms with E-state index in [4.69, 9.17) is 4.74 Å². The van der Waals surface area contributed by atoms with Crippen molar-refractivity contribution in [2.75, 3.05) is 11.1 Å². The van der Waals surface area contributed by atoms with Gasteiger partial charge in [-0.3, -0.25) is 4.79 Å². The maximum atomic E-state index is 12.5. The van der Waals surface area contributed by atoms with E-state index in [1.807, 2.05) is 74.0 Å². The highest BCUT2D eigenvalue weighted by Crippen LogP contribution is 2.28. The summed E-state index contributed by atoms with van der Waals surface area (Å²) in [6.07, 6.45) is -0.271. The van der Waals surface area contributed by atoms with Gasteiger partial charge in [-0.1, -0.05) is 59.8 Å². The van der Waals surface area contributed by atoms with E-state index in [2.05, 4.69) is 32.6 Å². The zero-order valence-electron chi connectivity index (χ0n) is 19.6. The fraction of sp³-hybridized carbons (Fsp3) is 0.280. The van der Waals surface area contributed by atoms with Gasteiger partial charge in [0.25, 0.3) is 0 Å². The summed E-state index contributed by atoms with van der Waals surface area (Å²) in [4.78, 5) is 17.1. The van der Waals surface area contributed by atoms with Crippen LogP contribution in [0.1, 0.15) is 36.9 Å². The molecule has 2 aromatic carbocycles. The first-order chi connectivity index (χ1) is 16.4. The van der Waals surface area contributed by atoms with Crippen molar-refractivity contribution in [1.82, 2.24) is 19.7 Å². The molecule has 2 aromatic heterocycles. The molecule has 0 spiro atoms. The van der Waals surface area contributed by atoms with Crippen LogP contribution in [0.3, 0.4) is 0 Å². The van der Waals surface area contributed by atoms with E-state index < -0.39 is 0 Å². The fourth-order valence-electron chi connectivity index (χ4n) is 3.41. The van der Waals surface area contributed by atoms with Crippen LogP contribution in [0.15, 0.2) is 59.1 Å². The third kappa shape index (κ3) is 5.66. The molecule has 9 heteroatoms. The maximum absolute atomic E-state index is 12.5. The highest BCUT2D eigenvalue weighted by atomic mass is 32.2. The van der Waals surface area contributed by atoms with Gasteiger partial charge in [0.15, 0.2) is 22.2 Å². The number of benzene rings is 2. The maximum Gasteiger partial charge on any atom is 0.236 e. The number of carbonyl (C=O) groups is 1. The summed E-state index contributed by atoms with van der Waals surface area (Å²) < 4.78 is 8.10. The summed E-state index contributed by atoms with van der Waals surface area (Å²) in [6, 6.07) is 16.1. The number of thioether (sulfide) groups is 1. The van der Waals surface area contributed by atoms with Crippen molar-refractivity contribution in [2.45, 2.75) is 45.5 Å². The lowest BCUT2D eigenvalue weighted by Gasteiger charge is -2.16. The zero-order valence-corrected chi connectivity index (χ0v) is 21.2. The Morgan fingerprint density at radius 2 is 1.91 bits per heavy atom. The number of carbonyl (C=O) groups excluding carboxylic acids is 1. The molecule has 1 N–H and O–H groups in total. The number of nitrogens with one attached hydrogen (secondary N) is 1. The standard InChI is InChI=1S/C25H27N5O2S2/c1-5-30-23(18(4)32-21-9-7-6-8-17(21)3)28-29-25(30)34-15-22(31)27-24-26-20(14-33-24)19-12-10-16(2)11-13-19/h6-14,18H,5,15H2,1-4H3,(H,26,27,31). The summed E-state index contributed by atoms with van der Waals surface area (Å²) in [6.45, 7) is 8.73. The van der Waals surface area contributed by atoms with Crippen LogP contribution in [0.4, 0.5) is 5.13 Å². The van der Waals surface area contributed by atoms with Crippen LogP contribution in [-0.2, 0) is 11.3 Å². The summed E-state index contributed by atoms with van der Waals surface area (Å²) in [7, 11) is 0. The SMILES string of the molecule is CCn1c(SCC(=O)Nc2nc(-c3ccc(C)cc3)cs2)nnc1C(C)Oc1ccccc1C. The number of ether oxygens (including phenoxy) is 1. The average molecular weight is 494 g/mol. The first kappa shape index (κ1) is 24.0. The molecule has 1 unspecified atom stereocenters. The van der Waals surface area contributed by atoms with Crippen LogP contribution >= 0.6 is 23.1 Å². The number of aromatic nitrogens is 4. The van der Waals surface area contributed by atoms with Gasteiger partial charge >= 0.3 is 0 Å². The van der Waals surface area contributed by atoms with E-state index in [9.17, 15) is 4.79 Å². The summed E-state index contributed by atoms with van der Waals surface area (Å²) >= 11 is 2.76. The van der Waals surface area contributed by atoms with Crippen molar-refractivity contribution in [2.24, 2.45) is 0 Å². The van der Waals surface area contributed by atoms with Gasteiger partial charge in [0.05, 0.1) is 11.4 Å². The van der Waals surface area contributed by atoms with E-state index in [-0.39, 0.29) is 17.8 Å². The van der Waals surface area contributed by atoms with Crippen molar-refractivity contribution in [3.05, 3.63) is 70.9 Å².